The Balaban J connectivity index is 1.95. The van der Waals surface area contributed by atoms with Crippen molar-refractivity contribution in [1.29, 1.82) is 0 Å². The van der Waals surface area contributed by atoms with Gasteiger partial charge in [0.2, 0.25) is 5.82 Å². The summed E-state index contributed by atoms with van der Waals surface area (Å²) >= 11 is 0. The van der Waals surface area contributed by atoms with E-state index in [1.165, 1.54) is 11.1 Å². The molecule has 1 aliphatic heterocycles. The number of benzene rings is 1. The van der Waals surface area contributed by atoms with E-state index in [0.29, 0.717) is 11.7 Å². The first-order valence-electron chi connectivity index (χ1n) is 7.44. The van der Waals surface area contributed by atoms with E-state index in [9.17, 15) is 0 Å². The molecule has 0 amide bonds. The summed E-state index contributed by atoms with van der Waals surface area (Å²) in [5.41, 5.74) is 3.15. The van der Waals surface area contributed by atoms with E-state index in [2.05, 4.69) is 41.4 Å². The van der Waals surface area contributed by atoms with Crippen molar-refractivity contribution >= 4 is 0 Å². The molecule has 112 valence electrons. The van der Waals surface area contributed by atoms with Crippen molar-refractivity contribution in [3.63, 3.8) is 0 Å². The minimum absolute atomic E-state index is 0.458. The number of hydrogen-bond acceptors (Lipinski definition) is 5. The largest absolute Gasteiger partial charge is 0.370 e. The van der Waals surface area contributed by atoms with Gasteiger partial charge in [0.25, 0.3) is 5.89 Å². The molecule has 2 heterocycles. The van der Waals surface area contributed by atoms with Crippen LogP contribution < -0.4 is 5.32 Å². The summed E-state index contributed by atoms with van der Waals surface area (Å²) in [6.07, 6.45) is 1.63. The molecule has 0 bridgehead atoms. The Morgan fingerprint density at radius 2 is 2.00 bits per heavy atom. The minimum Gasteiger partial charge on any atom is -0.370 e. The highest BCUT2D eigenvalue weighted by Gasteiger charge is 2.33. The topological polar surface area (TPSA) is 60.2 Å². The number of nitrogens with one attached hydrogen (secondary N) is 1. The number of methoxy groups -OCH3 is 1. The Hall–Kier alpha value is -1.72. The summed E-state index contributed by atoms with van der Waals surface area (Å²) in [6.45, 7) is 5.98. The maximum Gasteiger partial charge on any atom is 0.258 e. The van der Waals surface area contributed by atoms with Crippen LogP contribution in [0.15, 0.2) is 22.7 Å². The number of hydrogen-bond donors (Lipinski definition) is 1. The number of nitrogens with zero attached hydrogens (tertiary/aromatic N) is 2. The van der Waals surface area contributed by atoms with Crippen molar-refractivity contribution in [2.75, 3.05) is 7.11 Å². The molecule has 0 saturated heterocycles. The Kier molecular flexibility index (Phi) is 3.78. The van der Waals surface area contributed by atoms with Gasteiger partial charge in [-0.3, -0.25) is 0 Å². The van der Waals surface area contributed by atoms with Crippen LogP contribution in [0.3, 0.4) is 0 Å². The third-order valence-electron chi connectivity index (χ3n) is 4.45. The molecule has 0 unspecified atom stereocenters. The van der Waals surface area contributed by atoms with Crippen LogP contribution >= 0.6 is 0 Å². The fraction of sp³-hybridized carbons (Fsp3) is 0.500. The Bertz CT molecular complexity index is 624. The SMILES string of the molecule is CCC(CC)(OC)c1noc(-c2ccc3c(c2)CNC3)n1. The first kappa shape index (κ1) is 14.2. The Labute approximate surface area is 124 Å². The smallest absolute Gasteiger partial charge is 0.258 e. The fourth-order valence-electron chi connectivity index (χ4n) is 2.90. The van der Waals surface area contributed by atoms with Crippen LogP contribution in [0.25, 0.3) is 11.5 Å². The van der Waals surface area contributed by atoms with Gasteiger partial charge in [0.1, 0.15) is 5.60 Å². The molecular weight excluding hydrogens is 266 g/mol. The van der Waals surface area contributed by atoms with Crippen molar-refractivity contribution in [2.24, 2.45) is 0 Å². The van der Waals surface area contributed by atoms with Gasteiger partial charge in [0, 0.05) is 25.8 Å². The zero-order valence-corrected chi connectivity index (χ0v) is 12.8. The molecule has 1 aromatic carbocycles. The van der Waals surface area contributed by atoms with Crippen LogP contribution in [0.4, 0.5) is 0 Å². The van der Waals surface area contributed by atoms with Crippen LogP contribution in [-0.4, -0.2) is 17.3 Å². The van der Waals surface area contributed by atoms with E-state index in [-0.39, 0.29) is 0 Å². The molecule has 0 atom stereocenters. The lowest BCUT2D eigenvalue weighted by molar-refractivity contribution is -0.0306. The van der Waals surface area contributed by atoms with Gasteiger partial charge in [-0.25, -0.2) is 0 Å². The summed E-state index contributed by atoms with van der Waals surface area (Å²) in [7, 11) is 1.70. The van der Waals surface area contributed by atoms with Gasteiger partial charge in [0.15, 0.2) is 0 Å². The average Bonchev–Trinajstić information content (AvgIpc) is 3.18. The summed E-state index contributed by atoms with van der Waals surface area (Å²) in [5.74, 6) is 1.19. The van der Waals surface area contributed by atoms with Crippen LogP contribution in [0.1, 0.15) is 43.6 Å². The van der Waals surface area contributed by atoms with Gasteiger partial charge in [-0.1, -0.05) is 25.1 Å². The maximum absolute atomic E-state index is 5.65. The monoisotopic (exact) mass is 287 g/mol. The van der Waals surface area contributed by atoms with E-state index in [0.717, 1.165) is 31.5 Å². The third-order valence-corrected chi connectivity index (χ3v) is 4.45. The van der Waals surface area contributed by atoms with Crippen molar-refractivity contribution < 1.29 is 9.26 Å². The molecule has 5 nitrogen and oxygen atoms in total. The molecular formula is C16H21N3O2. The zero-order chi connectivity index (χ0) is 14.9. The van der Waals surface area contributed by atoms with Gasteiger partial charge in [-0.2, -0.15) is 4.98 Å². The predicted molar refractivity (Wildman–Crippen MR) is 79.5 cm³/mol. The summed E-state index contributed by atoms with van der Waals surface area (Å²) in [4.78, 5) is 4.57. The first-order valence-corrected chi connectivity index (χ1v) is 7.44. The number of fused-ring (bicyclic) bond motifs is 1. The van der Waals surface area contributed by atoms with Crippen molar-refractivity contribution in [2.45, 2.75) is 45.4 Å². The van der Waals surface area contributed by atoms with Crippen molar-refractivity contribution in [3.8, 4) is 11.5 Å². The number of ether oxygens (including phenoxy) is 1. The quantitative estimate of drug-likeness (QED) is 0.916. The van der Waals surface area contributed by atoms with Crippen molar-refractivity contribution in [3.05, 3.63) is 35.2 Å². The summed E-state index contributed by atoms with van der Waals surface area (Å²) in [5, 5.41) is 7.48. The lowest BCUT2D eigenvalue weighted by atomic mass is 9.96. The molecule has 21 heavy (non-hydrogen) atoms. The van der Waals surface area contributed by atoms with Gasteiger partial charge in [0.05, 0.1) is 0 Å². The number of aromatic nitrogens is 2. The normalized spacial score (nSPS) is 14.4. The van der Waals surface area contributed by atoms with Crippen LogP contribution in [-0.2, 0) is 23.4 Å². The first-order chi connectivity index (χ1) is 10.2. The molecule has 1 N–H and O–H groups in total. The second-order valence-electron chi connectivity index (χ2n) is 5.42. The molecule has 1 aliphatic rings. The van der Waals surface area contributed by atoms with E-state index in [1.54, 1.807) is 7.11 Å². The average molecular weight is 287 g/mol. The lowest BCUT2D eigenvalue weighted by Crippen LogP contribution is -2.28. The molecule has 0 aliphatic carbocycles. The predicted octanol–water partition coefficient (Wildman–Crippen LogP) is 3.00. The standard InChI is InChI=1S/C16H21N3O2/c1-4-16(5-2,20-3)15-18-14(21-19-15)11-6-7-12-9-17-10-13(12)8-11/h6-8,17H,4-5,9-10H2,1-3H3. The Morgan fingerprint density at radius 3 is 2.71 bits per heavy atom. The molecule has 3 rings (SSSR count). The highest BCUT2D eigenvalue weighted by molar-refractivity contribution is 5.56. The van der Waals surface area contributed by atoms with Crippen LogP contribution in [0.5, 0.6) is 0 Å². The van der Waals surface area contributed by atoms with E-state index >= 15 is 0 Å². The van der Waals surface area contributed by atoms with Crippen LogP contribution in [0.2, 0.25) is 0 Å². The Morgan fingerprint density at radius 1 is 1.24 bits per heavy atom. The highest BCUT2D eigenvalue weighted by atomic mass is 16.5. The van der Waals surface area contributed by atoms with E-state index < -0.39 is 5.60 Å². The third kappa shape index (κ3) is 2.36. The van der Waals surface area contributed by atoms with Gasteiger partial charge < -0.3 is 14.6 Å². The van der Waals surface area contributed by atoms with Gasteiger partial charge in [-0.05, 0) is 36.1 Å². The van der Waals surface area contributed by atoms with Gasteiger partial charge >= 0.3 is 0 Å². The van der Waals surface area contributed by atoms with E-state index in [1.807, 2.05) is 6.07 Å². The molecule has 0 fully saturated rings. The molecule has 0 spiro atoms. The summed E-state index contributed by atoms with van der Waals surface area (Å²) < 4.78 is 11.1. The molecule has 1 aromatic heterocycles. The van der Waals surface area contributed by atoms with Crippen LogP contribution in [0, 0.1) is 0 Å². The maximum atomic E-state index is 5.65. The minimum atomic E-state index is -0.458. The molecule has 0 radical (unpaired) electrons. The second-order valence-corrected chi connectivity index (χ2v) is 5.42. The lowest BCUT2D eigenvalue weighted by Gasteiger charge is -2.25. The van der Waals surface area contributed by atoms with Crippen molar-refractivity contribution in [1.82, 2.24) is 15.5 Å². The fourth-order valence-corrected chi connectivity index (χ4v) is 2.90. The van der Waals surface area contributed by atoms with Gasteiger partial charge in [-0.15, -0.1) is 0 Å². The van der Waals surface area contributed by atoms with E-state index in [4.69, 9.17) is 9.26 Å². The molecule has 5 heteroatoms. The molecule has 2 aromatic rings. The second kappa shape index (κ2) is 5.58. The zero-order valence-electron chi connectivity index (χ0n) is 12.8. The molecule has 0 saturated carbocycles. The highest BCUT2D eigenvalue weighted by Crippen LogP contribution is 2.32. The number of rotatable bonds is 5. The summed E-state index contributed by atoms with van der Waals surface area (Å²) in [6, 6.07) is 6.28.